The number of nitrogens with zero attached hydrogens (tertiary/aromatic N) is 2. The number of aromatic nitrogens is 2. The van der Waals surface area contributed by atoms with Crippen LogP contribution in [0.15, 0.2) is 24.3 Å². The minimum atomic E-state index is 0.543. The van der Waals surface area contributed by atoms with Gasteiger partial charge in [-0.3, -0.25) is 4.68 Å². The van der Waals surface area contributed by atoms with Crippen LogP contribution in [0.4, 0.5) is 5.82 Å². The molecule has 1 aromatic heterocycles. The van der Waals surface area contributed by atoms with Crippen molar-refractivity contribution in [2.45, 2.75) is 46.4 Å². The molecule has 5 nitrogen and oxygen atoms in total. The van der Waals surface area contributed by atoms with Crippen molar-refractivity contribution in [1.82, 2.24) is 9.78 Å². The molecule has 5 heteroatoms. The second-order valence-corrected chi connectivity index (χ2v) is 5.68. The number of nitrogens with one attached hydrogen (secondary N) is 1. The molecule has 0 amide bonds. The van der Waals surface area contributed by atoms with Crippen molar-refractivity contribution in [2.75, 3.05) is 19.5 Å². The number of rotatable bonds is 9. The SMILES string of the molecule is CCCCn1nc(NCc2ccc(OC)c(COC)c2)cc1C. The average molecular weight is 317 g/mol. The van der Waals surface area contributed by atoms with Crippen LogP contribution in [0.5, 0.6) is 5.75 Å². The number of benzene rings is 1. The summed E-state index contributed by atoms with van der Waals surface area (Å²) in [5, 5.41) is 8.00. The Bertz CT molecular complexity index is 623. The Kier molecular flexibility index (Phi) is 6.47. The molecule has 0 fully saturated rings. The van der Waals surface area contributed by atoms with Gasteiger partial charge < -0.3 is 14.8 Å². The summed E-state index contributed by atoms with van der Waals surface area (Å²) < 4.78 is 12.7. The Labute approximate surface area is 138 Å². The molecule has 0 bridgehead atoms. The molecule has 1 aromatic carbocycles. The lowest BCUT2D eigenvalue weighted by Crippen LogP contribution is -2.05. The lowest BCUT2D eigenvalue weighted by Gasteiger charge is -2.10. The fourth-order valence-corrected chi connectivity index (χ4v) is 2.53. The zero-order chi connectivity index (χ0) is 16.7. The van der Waals surface area contributed by atoms with Gasteiger partial charge in [-0.25, -0.2) is 0 Å². The van der Waals surface area contributed by atoms with Crippen LogP contribution in [0.25, 0.3) is 0 Å². The third kappa shape index (κ3) is 4.73. The second-order valence-electron chi connectivity index (χ2n) is 5.68. The van der Waals surface area contributed by atoms with Crippen molar-refractivity contribution in [1.29, 1.82) is 0 Å². The van der Waals surface area contributed by atoms with E-state index in [1.807, 2.05) is 6.07 Å². The van der Waals surface area contributed by atoms with Crippen molar-refractivity contribution < 1.29 is 9.47 Å². The number of hydrogen-bond acceptors (Lipinski definition) is 4. The zero-order valence-corrected chi connectivity index (χ0v) is 14.6. The van der Waals surface area contributed by atoms with E-state index in [0.29, 0.717) is 6.61 Å². The summed E-state index contributed by atoms with van der Waals surface area (Å²) in [5.74, 6) is 1.78. The fourth-order valence-electron chi connectivity index (χ4n) is 2.53. The number of aryl methyl sites for hydroxylation is 2. The van der Waals surface area contributed by atoms with Gasteiger partial charge in [0, 0.05) is 37.5 Å². The molecule has 0 aliphatic rings. The highest BCUT2D eigenvalue weighted by molar-refractivity contribution is 5.40. The normalized spacial score (nSPS) is 10.8. The van der Waals surface area contributed by atoms with Crippen LogP contribution >= 0.6 is 0 Å². The highest BCUT2D eigenvalue weighted by atomic mass is 16.5. The number of anilines is 1. The lowest BCUT2D eigenvalue weighted by molar-refractivity contribution is 0.181. The highest BCUT2D eigenvalue weighted by Gasteiger charge is 2.06. The van der Waals surface area contributed by atoms with Crippen molar-refractivity contribution in [3.05, 3.63) is 41.1 Å². The van der Waals surface area contributed by atoms with Gasteiger partial charge >= 0.3 is 0 Å². The van der Waals surface area contributed by atoms with E-state index in [0.717, 1.165) is 36.6 Å². The summed E-state index contributed by atoms with van der Waals surface area (Å²) in [4.78, 5) is 0. The molecule has 1 heterocycles. The Balaban J connectivity index is 2.01. The van der Waals surface area contributed by atoms with E-state index in [1.165, 1.54) is 17.7 Å². The number of hydrogen-bond donors (Lipinski definition) is 1. The van der Waals surface area contributed by atoms with Gasteiger partial charge in [0.05, 0.1) is 13.7 Å². The Morgan fingerprint density at radius 3 is 2.74 bits per heavy atom. The maximum absolute atomic E-state index is 5.36. The Hall–Kier alpha value is -2.01. The van der Waals surface area contributed by atoms with Gasteiger partial charge in [-0.05, 0) is 31.0 Å². The molecule has 2 rings (SSSR count). The van der Waals surface area contributed by atoms with Crippen LogP contribution in [0.1, 0.15) is 36.6 Å². The van der Waals surface area contributed by atoms with E-state index >= 15 is 0 Å². The van der Waals surface area contributed by atoms with Crippen LogP contribution in [0.2, 0.25) is 0 Å². The van der Waals surface area contributed by atoms with Gasteiger partial charge in [-0.2, -0.15) is 5.10 Å². The van der Waals surface area contributed by atoms with Crippen molar-refractivity contribution in [3.8, 4) is 5.75 Å². The molecule has 23 heavy (non-hydrogen) atoms. The van der Waals surface area contributed by atoms with Gasteiger partial charge in [0.2, 0.25) is 0 Å². The van der Waals surface area contributed by atoms with E-state index in [2.05, 4.69) is 47.1 Å². The molecule has 126 valence electrons. The van der Waals surface area contributed by atoms with E-state index in [1.54, 1.807) is 14.2 Å². The summed E-state index contributed by atoms with van der Waals surface area (Å²) in [6.45, 7) is 6.54. The van der Waals surface area contributed by atoms with Crippen LogP contribution < -0.4 is 10.1 Å². The molecule has 0 saturated carbocycles. The summed E-state index contributed by atoms with van der Waals surface area (Å²) in [6, 6.07) is 8.24. The zero-order valence-electron chi connectivity index (χ0n) is 14.6. The highest BCUT2D eigenvalue weighted by Crippen LogP contribution is 2.21. The third-order valence-corrected chi connectivity index (χ3v) is 3.82. The first-order valence-corrected chi connectivity index (χ1v) is 8.11. The first-order chi connectivity index (χ1) is 11.2. The quantitative estimate of drug-likeness (QED) is 0.765. The molecule has 0 spiro atoms. The van der Waals surface area contributed by atoms with Gasteiger partial charge in [0.15, 0.2) is 0 Å². The van der Waals surface area contributed by atoms with Crippen LogP contribution in [-0.2, 0) is 24.4 Å². The van der Waals surface area contributed by atoms with E-state index in [4.69, 9.17) is 9.47 Å². The summed E-state index contributed by atoms with van der Waals surface area (Å²) in [6.07, 6.45) is 2.33. The van der Waals surface area contributed by atoms with Gasteiger partial charge in [0.25, 0.3) is 0 Å². The predicted octanol–water partition coefficient (Wildman–Crippen LogP) is 3.76. The van der Waals surface area contributed by atoms with Crippen molar-refractivity contribution in [2.24, 2.45) is 0 Å². The molecule has 2 aromatic rings. The average Bonchev–Trinajstić information content (AvgIpc) is 2.91. The van der Waals surface area contributed by atoms with Crippen LogP contribution in [0, 0.1) is 6.92 Å². The number of unbranched alkanes of at least 4 members (excludes halogenated alkanes) is 1. The van der Waals surface area contributed by atoms with Gasteiger partial charge in [0.1, 0.15) is 11.6 Å². The molecule has 0 atom stereocenters. The third-order valence-electron chi connectivity index (χ3n) is 3.82. The molecule has 0 aliphatic heterocycles. The minimum absolute atomic E-state index is 0.543. The molecule has 1 N–H and O–H groups in total. The van der Waals surface area contributed by atoms with Crippen molar-refractivity contribution >= 4 is 5.82 Å². The van der Waals surface area contributed by atoms with Crippen LogP contribution in [-0.4, -0.2) is 24.0 Å². The summed E-state index contributed by atoms with van der Waals surface area (Å²) >= 11 is 0. The molecule has 0 saturated heterocycles. The second kappa shape index (κ2) is 8.58. The smallest absolute Gasteiger partial charge is 0.148 e. The largest absolute Gasteiger partial charge is 0.496 e. The minimum Gasteiger partial charge on any atom is -0.496 e. The number of methoxy groups -OCH3 is 2. The summed E-state index contributed by atoms with van der Waals surface area (Å²) in [7, 11) is 3.37. The Morgan fingerprint density at radius 1 is 1.22 bits per heavy atom. The first kappa shape index (κ1) is 17.3. The van der Waals surface area contributed by atoms with E-state index < -0.39 is 0 Å². The lowest BCUT2D eigenvalue weighted by atomic mass is 10.1. The standard InChI is InChI=1S/C18H27N3O2/c1-5-6-9-21-14(2)10-18(20-21)19-12-15-7-8-17(23-4)16(11-15)13-22-3/h7-8,10-11H,5-6,9,12-13H2,1-4H3,(H,19,20). The van der Waals surface area contributed by atoms with Crippen LogP contribution in [0.3, 0.4) is 0 Å². The molecule has 0 radical (unpaired) electrons. The molecular weight excluding hydrogens is 290 g/mol. The van der Waals surface area contributed by atoms with E-state index in [9.17, 15) is 0 Å². The maximum atomic E-state index is 5.36. The number of ether oxygens (including phenoxy) is 2. The van der Waals surface area contributed by atoms with E-state index in [-0.39, 0.29) is 0 Å². The van der Waals surface area contributed by atoms with Crippen molar-refractivity contribution in [3.63, 3.8) is 0 Å². The molecular formula is C18H27N3O2. The topological polar surface area (TPSA) is 48.3 Å². The van der Waals surface area contributed by atoms with Gasteiger partial charge in [-0.15, -0.1) is 0 Å². The summed E-state index contributed by atoms with van der Waals surface area (Å²) in [5.41, 5.74) is 3.42. The van der Waals surface area contributed by atoms with Gasteiger partial charge in [-0.1, -0.05) is 19.4 Å². The first-order valence-electron chi connectivity index (χ1n) is 8.11. The maximum Gasteiger partial charge on any atom is 0.148 e. The Morgan fingerprint density at radius 2 is 2.04 bits per heavy atom. The molecule has 0 aliphatic carbocycles. The predicted molar refractivity (Wildman–Crippen MR) is 92.9 cm³/mol. The fraction of sp³-hybridized carbons (Fsp3) is 0.500. The monoisotopic (exact) mass is 317 g/mol. The molecule has 0 unspecified atom stereocenters.